The van der Waals surface area contributed by atoms with Crippen molar-refractivity contribution in [1.82, 2.24) is 15.2 Å². The Morgan fingerprint density at radius 3 is 2.97 bits per heavy atom. The Labute approximate surface area is 195 Å². The second kappa shape index (κ2) is 8.54. The molecule has 2 aromatic rings. The first-order chi connectivity index (χ1) is 15.5. The summed E-state index contributed by atoms with van der Waals surface area (Å²) in [6.07, 6.45) is 8.95. The van der Waals surface area contributed by atoms with Crippen molar-refractivity contribution in [2.75, 3.05) is 11.1 Å². The molecule has 0 unspecified atom stereocenters. The van der Waals surface area contributed by atoms with Gasteiger partial charge in [0.15, 0.2) is 11.9 Å². The number of fused-ring (bicyclic) bond motifs is 4. The van der Waals surface area contributed by atoms with Crippen LogP contribution >= 0.6 is 11.8 Å². The van der Waals surface area contributed by atoms with Crippen LogP contribution in [0.4, 0.5) is 5.69 Å². The molecule has 5 rings (SSSR count). The SMILES string of the molecule is C=CCSc1nnc2c(n1)O[C@H]([C@H]1C[C@@H]3C(=CCCC3(C)C)C[C@@H]1C)Nc1ccccc1-2. The van der Waals surface area contributed by atoms with Gasteiger partial charge in [-0.2, -0.15) is 4.98 Å². The van der Waals surface area contributed by atoms with E-state index in [4.69, 9.17) is 9.72 Å². The van der Waals surface area contributed by atoms with E-state index in [-0.39, 0.29) is 6.23 Å². The van der Waals surface area contributed by atoms with Crippen LogP contribution in [0.3, 0.4) is 0 Å². The van der Waals surface area contributed by atoms with Crippen molar-refractivity contribution >= 4 is 17.4 Å². The van der Waals surface area contributed by atoms with Crippen molar-refractivity contribution in [3.05, 3.63) is 48.6 Å². The predicted molar refractivity (Wildman–Crippen MR) is 131 cm³/mol. The van der Waals surface area contributed by atoms with Gasteiger partial charge in [-0.3, -0.25) is 0 Å². The molecule has 1 aromatic heterocycles. The number of thioether (sulfide) groups is 1. The number of para-hydroxylation sites is 1. The molecule has 1 saturated carbocycles. The molecule has 0 spiro atoms. The lowest BCUT2D eigenvalue weighted by Crippen LogP contribution is -2.45. The number of allylic oxidation sites excluding steroid dienone is 2. The Hall–Kier alpha value is -2.34. The van der Waals surface area contributed by atoms with Gasteiger partial charge in [0.2, 0.25) is 11.0 Å². The van der Waals surface area contributed by atoms with Gasteiger partial charge in [0.05, 0.1) is 0 Å². The van der Waals surface area contributed by atoms with E-state index in [0.29, 0.717) is 39.9 Å². The van der Waals surface area contributed by atoms with Crippen LogP contribution in [0.15, 0.2) is 53.7 Å². The van der Waals surface area contributed by atoms with Gasteiger partial charge in [0.25, 0.3) is 0 Å². The van der Waals surface area contributed by atoms with Gasteiger partial charge in [-0.05, 0) is 49.0 Å². The summed E-state index contributed by atoms with van der Waals surface area (Å²) >= 11 is 1.52. The first kappa shape index (κ1) is 21.5. The smallest absolute Gasteiger partial charge is 0.247 e. The standard InChI is InChI=1S/C26H32N4OS/c1-5-13-32-25-28-24-22(29-30-25)18-10-6-7-11-21(18)27-23(31-24)19-15-20-17(14-16(19)2)9-8-12-26(20,3)4/h5-7,9-11,16,19-20,23,27H,1,8,12-15H2,2-4H3/t16-,19-,20+,23+/m0/s1. The van der Waals surface area contributed by atoms with Crippen LogP contribution in [0, 0.1) is 23.2 Å². The molecule has 1 fully saturated rings. The van der Waals surface area contributed by atoms with Crippen LogP contribution in [0.1, 0.15) is 46.5 Å². The van der Waals surface area contributed by atoms with Gasteiger partial charge in [-0.25, -0.2) is 0 Å². The average Bonchev–Trinajstić information content (AvgIpc) is 2.93. The van der Waals surface area contributed by atoms with E-state index >= 15 is 0 Å². The largest absolute Gasteiger partial charge is 0.452 e. The molecule has 5 nitrogen and oxygen atoms in total. The average molecular weight is 449 g/mol. The lowest BCUT2D eigenvalue weighted by atomic mass is 9.59. The highest BCUT2D eigenvalue weighted by Gasteiger charge is 2.44. The third-order valence-electron chi connectivity index (χ3n) is 7.46. The highest BCUT2D eigenvalue weighted by Crippen LogP contribution is 2.52. The predicted octanol–water partition coefficient (Wildman–Crippen LogP) is 6.36. The number of ether oxygens (including phenoxy) is 1. The van der Waals surface area contributed by atoms with E-state index < -0.39 is 0 Å². The molecule has 0 radical (unpaired) electrons. The normalized spacial score (nSPS) is 28.0. The molecule has 2 aliphatic carbocycles. The van der Waals surface area contributed by atoms with Crippen LogP contribution in [0.2, 0.25) is 0 Å². The maximum absolute atomic E-state index is 6.63. The van der Waals surface area contributed by atoms with Gasteiger partial charge in [-0.15, -0.1) is 16.8 Å². The Morgan fingerprint density at radius 1 is 1.28 bits per heavy atom. The summed E-state index contributed by atoms with van der Waals surface area (Å²) in [5.41, 5.74) is 4.73. The zero-order valence-electron chi connectivity index (χ0n) is 19.2. The fourth-order valence-electron chi connectivity index (χ4n) is 5.65. The highest BCUT2D eigenvalue weighted by atomic mass is 32.2. The van der Waals surface area contributed by atoms with Crippen LogP contribution in [-0.4, -0.2) is 27.2 Å². The second-order valence-electron chi connectivity index (χ2n) is 10.0. The third kappa shape index (κ3) is 3.94. The van der Waals surface area contributed by atoms with Crippen molar-refractivity contribution in [2.45, 2.75) is 57.8 Å². The quantitative estimate of drug-likeness (QED) is 0.434. The molecular formula is C26H32N4OS. The summed E-state index contributed by atoms with van der Waals surface area (Å²) < 4.78 is 6.63. The minimum absolute atomic E-state index is 0.152. The number of aromatic nitrogens is 3. The molecule has 0 amide bonds. The number of anilines is 1. The Kier molecular flexibility index (Phi) is 5.74. The Bertz CT molecular complexity index is 1050. The lowest BCUT2D eigenvalue weighted by Gasteiger charge is -2.48. The summed E-state index contributed by atoms with van der Waals surface area (Å²) in [5.74, 6) is 2.84. The zero-order chi connectivity index (χ0) is 22.3. The summed E-state index contributed by atoms with van der Waals surface area (Å²) in [5, 5.41) is 13.2. The van der Waals surface area contributed by atoms with E-state index in [2.05, 4.69) is 67.1 Å². The van der Waals surface area contributed by atoms with E-state index in [0.717, 1.165) is 29.8 Å². The first-order valence-electron chi connectivity index (χ1n) is 11.7. The lowest BCUT2D eigenvalue weighted by molar-refractivity contribution is 0.0519. The topological polar surface area (TPSA) is 59.9 Å². The fraction of sp³-hybridized carbons (Fsp3) is 0.500. The van der Waals surface area contributed by atoms with E-state index in [1.165, 1.54) is 24.6 Å². The highest BCUT2D eigenvalue weighted by molar-refractivity contribution is 7.99. The molecule has 32 heavy (non-hydrogen) atoms. The molecule has 1 N–H and O–H groups in total. The number of rotatable bonds is 4. The van der Waals surface area contributed by atoms with Gasteiger partial charge in [0.1, 0.15) is 0 Å². The van der Waals surface area contributed by atoms with Crippen molar-refractivity contribution in [1.29, 1.82) is 0 Å². The molecule has 1 aromatic carbocycles. The molecule has 0 saturated heterocycles. The van der Waals surface area contributed by atoms with Crippen molar-refractivity contribution in [2.24, 2.45) is 23.2 Å². The van der Waals surface area contributed by atoms with Gasteiger partial charge >= 0.3 is 0 Å². The molecule has 1 aliphatic heterocycles. The summed E-state index contributed by atoms with van der Waals surface area (Å²) in [6.45, 7) is 11.0. The van der Waals surface area contributed by atoms with Gasteiger partial charge in [0, 0.05) is 22.9 Å². The van der Waals surface area contributed by atoms with Crippen LogP contribution in [0.5, 0.6) is 5.88 Å². The summed E-state index contributed by atoms with van der Waals surface area (Å²) in [7, 11) is 0. The van der Waals surface area contributed by atoms with Crippen LogP contribution in [-0.2, 0) is 0 Å². The molecule has 168 valence electrons. The van der Waals surface area contributed by atoms with Gasteiger partial charge < -0.3 is 10.1 Å². The number of benzene rings is 1. The fourth-order valence-corrected chi connectivity index (χ4v) is 6.16. The molecule has 6 heteroatoms. The minimum Gasteiger partial charge on any atom is -0.452 e. The molecular weight excluding hydrogens is 416 g/mol. The molecule has 2 heterocycles. The number of nitrogens with one attached hydrogen (secondary N) is 1. The Morgan fingerprint density at radius 2 is 2.12 bits per heavy atom. The summed E-state index contributed by atoms with van der Waals surface area (Å²) in [4.78, 5) is 4.76. The first-order valence-corrected chi connectivity index (χ1v) is 12.6. The second-order valence-corrected chi connectivity index (χ2v) is 11.0. The monoisotopic (exact) mass is 448 g/mol. The number of hydrogen-bond acceptors (Lipinski definition) is 6. The van der Waals surface area contributed by atoms with Crippen LogP contribution < -0.4 is 10.1 Å². The van der Waals surface area contributed by atoms with Crippen molar-refractivity contribution in [3.63, 3.8) is 0 Å². The van der Waals surface area contributed by atoms with Crippen molar-refractivity contribution in [3.8, 4) is 17.1 Å². The number of nitrogens with zero attached hydrogens (tertiary/aromatic N) is 3. The summed E-state index contributed by atoms with van der Waals surface area (Å²) in [6, 6.07) is 8.25. The maximum atomic E-state index is 6.63. The van der Waals surface area contributed by atoms with E-state index in [1.807, 2.05) is 12.1 Å². The van der Waals surface area contributed by atoms with Crippen molar-refractivity contribution < 1.29 is 4.74 Å². The third-order valence-corrected chi connectivity index (χ3v) is 8.29. The maximum Gasteiger partial charge on any atom is 0.247 e. The van der Waals surface area contributed by atoms with Crippen LogP contribution in [0.25, 0.3) is 11.3 Å². The van der Waals surface area contributed by atoms with E-state index in [1.54, 1.807) is 5.57 Å². The van der Waals surface area contributed by atoms with Gasteiger partial charge in [-0.1, -0.05) is 68.5 Å². The molecule has 3 aliphatic rings. The minimum atomic E-state index is -0.152. The molecule has 4 atom stereocenters. The number of hydrogen-bond donors (Lipinski definition) is 1. The van der Waals surface area contributed by atoms with E-state index in [9.17, 15) is 0 Å². The Balaban J connectivity index is 1.51. The zero-order valence-corrected chi connectivity index (χ0v) is 20.0. The molecule has 0 bridgehead atoms.